The second-order valence-electron chi connectivity index (χ2n) is 2.66. The molecule has 1 aromatic carbocycles. The number of nitrogens with one attached hydrogen (secondary N) is 2. The first-order valence-electron chi connectivity index (χ1n) is 3.88. The molecule has 0 aliphatic carbocycles. The van der Waals surface area contributed by atoms with Crippen LogP contribution in [0.4, 0.5) is 5.69 Å². The molecule has 0 radical (unpaired) electrons. The van der Waals surface area contributed by atoms with Crippen molar-refractivity contribution in [2.45, 2.75) is 6.92 Å². The number of hydrogen-bond donors (Lipinski definition) is 2. The minimum absolute atomic E-state index is 0.630. The zero-order valence-electron chi connectivity index (χ0n) is 7.52. The average molecular weight is 259 g/mol. The summed E-state index contributed by atoms with van der Waals surface area (Å²) in [5, 5.41) is 6.58. The van der Waals surface area contributed by atoms with Gasteiger partial charge in [0, 0.05) is 17.2 Å². The van der Waals surface area contributed by atoms with Crippen LogP contribution in [0, 0.1) is 6.92 Å². The van der Waals surface area contributed by atoms with Crippen molar-refractivity contribution in [1.82, 2.24) is 5.32 Å². The van der Waals surface area contributed by atoms with Crippen molar-refractivity contribution in [2.75, 3.05) is 12.4 Å². The Kier molecular flexibility index (Phi) is 3.69. The molecule has 0 unspecified atom stereocenters. The first-order chi connectivity index (χ1) is 6.13. The Labute approximate surface area is 91.9 Å². The summed E-state index contributed by atoms with van der Waals surface area (Å²) in [7, 11) is 1.80. The summed E-state index contributed by atoms with van der Waals surface area (Å²) in [6.45, 7) is 2.03. The molecule has 4 heteroatoms. The van der Waals surface area contributed by atoms with Crippen LogP contribution in [0.15, 0.2) is 22.7 Å². The molecular weight excluding hydrogens is 248 g/mol. The van der Waals surface area contributed by atoms with E-state index in [2.05, 4.69) is 26.6 Å². The fourth-order valence-electron chi connectivity index (χ4n) is 0.952. The van der Waals surface area contributed by atoms with E-state index in [0.29, 0.717) is 5.11 Å². The second-order valence-corrected chi connectivity index (χ2v) is 3.99. The van der Waals surface area contributed by atoms with E-state index in [1.54, 1.807) is 7.05 Å². The van der Waals surface area contributed by atoms with Crippen molar-refractivity contribution in [3.05, 3.63) is 28.2 Å². The minimum Gasteiger partial charge on any atom is -0.366 e. The van der Waals surface area contributed by atoms with Crippen LogP contribution >= 0.6 is 28.1 Å². The van der Waals surface area contributed by atoms with Gasteiger partial charge in [0.2, 0.25) is 0 Å². The summed E-state index contributed by atoms with van der Waals surface area (Å²) in [5.74, 6) is 0. The monoisotopic (exact) mass is 258 g/mol. The zero-order chi connectivity index (χ0) is 9.84. The van der Waals surface area contributed by atoms with Gasteiger partial charge in [0.05, 0.1) is 0 Å². The van der Waals surface area contributed by atoms with Gasteiger partial charge in [-0.2, -0.15) is 0 Å². The van der Waals surface area contributed by atoms with Crippen molar-refractivity contribution in [1.29, 1.82) is 0 Å². The van der Waals surface area contributed by atoms with Gasteiger partial charge in [0.15, 0.2) is 5.11 Å². The van der Waals surface area contributed by atoms with Crippen molar-refractivity contribution in [2.24, 2.45) is 0 Å². The van der Waals surface area contributed by atoms with E-state index < -0.39 is 0 Å². The Morgan fingerprint density at radius 3 is 2.69 bits per heavy atom. The Hall–Kier alpha value is -0.610. The van der Waals surface area contributed by atoms with Gasteiger partial charge in [-0.15, -0.1) is 0 Å². The summed E-state index contributed by atoms with van der Waals surface area (Å²) < 4.78 is 1.07. The van der Waals surface area contributed by atoms with Gasteiger partial charge in [0.1, 0.15) is 0 Å². The highest BCUT2D eigenvalue weighted by Crippen LogP contribution is 2.19. The predicted molar refractivity (Wildman–Crippen MR) is 64.2 cm³/mol. The lowest BCUT2D eigenvalue weighted by Crippen LogP contribution is -2.24. The van der Waals surface area contributed by atoms with E-state index in [1.807, 2.05) is 25.1 Å². The van der Waals surface area contributed by atoms with Gasteiger partial charge in [-0.1, -0.05) is 15.9 Å². The molecule has 70 valence electrons. The van der Waals surface area contributed by atoms with Crippen LogP contribution in [0.25, 0.3) is 0 Å². The van der Waals surface area contributed by atoms with E-state index in [1.165, 1.54) is 0 Å². The Morgan fingerprint density at radius 1 is 1.46 bits per heavy atom. The molecule has 13 heavy (non-hydrogen) atoms. The standard InChI is InChI=1S/C9H11BrN2S/c1-6-5-7(10)3-4-8(6)12-9(13)11-2/h3-5H,1-2H3,(H2,11,12,13). The molecule has 0 saturated heterocycles. The first-order valence-corrected chi connectivity index (χ1v) is 5.08. The number of aryl methyl sites for hydroxylation is 1. The maximum Gasteiger partial charge on any atom is 0.170 e. The number of thiocarbonyl (C=S) groups is 1. The fourth-order valence-corrected chi connectivity index (χ4v) is 1.54. The summed E-state index contributed by atoms with van der Waals surface area (Å²) in [5.41, 5.74) is 2.19. The predicted octanol–water partition coefficient (Wildman–Crippen LogP) is 2.67. The Morgan fingerprint density at radius 2 is 2.15 bits per heavy atom. The van der Waals surface area contributed by atoms with Crippen LogP contribution in [-0.2, 0) is 0 Å². The van der Waals surface area contributed by atoms with E-state index in [-0.39, 0.29) is 0 Å². The maximum atomic E-state index is 5.00. The molecule has 0 heterocycles. The van der Waals surface area contributed by atoms with Gasteiger partial charge >= 0.3 is 0 Å². The van der Waals surface area contributed by atoms with Crippen LogP contribution in [-0.4, -0.2) is 12.2 Å². The molecule has 2 N–H and O–H groups in total. The molecular formula is C9H11BrN2S. The van der Waals surface area contributed by atoms with E-state index in [9.17, 15) is 0 Å². The molecule has 1 rings (SSSR count). The molecule has 0 fully saturated rings. The quantitative estimate of drug-likeness (QED) is 0.758. The molecule has 0 aromatic heterocycles. The van der Waals surface area contributed by atoms with Crippen LogP contribution in [0.2, 0.25) is 0 Å². The normalized spacial score (nSPS) is 9.46. The summed E-state index contributed by atoms with van der Waals surface area (Å²) in [4.78, 5) is 0. The second kappa shape index (κ2) is 4.58. The van der Waals surface area contributed by atoms with E-state index in [0.717, 1.165) is 15.7 Å². The number of hydrogen-bond acceptors (Lipinski definition) is 1. The van der Waals surface area contributed by atoms with Crippen LogP contribution in [0.3, 0.4) is 0 Å². The first kappa shape index (κ1) is 10.5. The van der Waals surface area contributed by atoms with Gasteiger partial charge < -0.3 is 10.6 Å². The van der Waals surface area contributed by atoms with Gasteiger partial charge in [0.25, 0.3) is 0 Å². The van der Waals surface area contributed by atoms with Gasteiger partial charge in [-0.05, 0) is 42.9 Å². The highest BCUT2D eigenvalue weighted by Gasteiger charge is 1.99. The minimum atomic E-state index is 0.630. The van der Waals surface area contributed by atoms with Crippen molar-refractivity contribution in [3.8, 4) is 0 Å². The van der Waals surface area contributed by atoms with Gasteiger partial charge in [-0.25, -0.2) is 0 Å². The number of rotatable bonds is 1. The average Bonchev–Trinajstić information content (AvgIpc) is 2.09. The number of anilines is 1. The molecule has 0 amide bonds. The Balaban J connectivity index is 2.83. The molecule has 0 bridgehead atoms. The molecule has 0 saturated carbocycles. The zero-order valence-corrected chi connectivity index (χ0v) is 9.92. The third-order valence-electron chi connectivity index (χ3n) is 1.66. The topological polar surface area (TPSA) is 24.1 Å². The van der Waals surface area contributed by atoms with E-state index in [4.69, 9.17) is 12.2 Å². The van der Waals surface area contributed by atoms with Crippen molar-refractivity contribution >= 4 is 38.9 Å². The third-order valence-corrected chi connectivity index (χ3v) is 2.46. The van der Waals surface area contributed by atoms with Gasteiger partial charge in [-0.3, -0.25) is 0 Å². The largest absolute Gasteiger partial charge is 0.366 e. The molecule has 0 aliphatic rings. The SMILES string of the molecule is CNC(=S)Nc1ccc(Br)cc1C. The van der Waals surface area contributed by atoms with Crippen LogP contribution in [0.5, 0.6) is 0 Å². The third kappa shape index (κ3) is 2.97. The summed E-state index contributed by atoms with van der Waals surface area (Å²) in [6.07, 6.45) is 0. The fraction of sp³-hybridized carbons (Fsp3) is 0.222. The highest BCUT2D eigenvalue weighted by atomic mass is 79.9. The molecule has 0 spiro atoms. The maximum absolute atomic E-state index is 5.00. The lowest BCUT2D eigenvalue weighted by molar-refractivity contribution is 1.19. The molecule has 0 aliphatic heterocycles. The number of halogens is 1. The van der Waals surface area contributed by atoms with Crippen LogP contribution < -0.4 is 10.6 Å². The van der Waals surface area contributed by atoms with Crippen molar-refractivity contribution in [3.63, 3.8) is 0 Å². The molecule has 1 aromatic rings. The van der Waals surface area contributed by atoms with Crippen molar-refractivity contribution < 1.29 is 0 Å². The lowest BCUT2D eigenvalue weighted by Gasteiger charge is -2.09. The highest BCUT2D eigenvalue weighted by molar-refractivity contribution is 9.10. The smallest absolute Gasteiger partial charge is 0.170 e. The molecule has 2 nitrogen and oxygen atoms in total. The summed E-state index contributed by atoms with van der Waals surface area (Å²) in [6, 6.07) is 6.01. The van der Waals surface area contributed by atoms with E-state index >= 15 is 0 Å². The summed E-state index contributed by atoms with van der Waals surface area (Å²) >= 11 is 8.40. The Bertz CT molecular complexity index is 325. The number of benzene rings is 1. The lowest BCUT2D eigenvalue weighted by atomic mass is 10.2. The van der Waals surface area contributed by atoms with Crippen LogP contribution in [0.1, 0.15) is 5.56 Å². The molecule has 0 atom stereocenters.